The number of amides is 1. The minimum Gasteiger partial charge on any atom is -0.445 e. The van der Waals surface area contributed by atoms with Crippen LogP contribution in [0.2, 0.25) is 0 Å². The molecule has 1 aliphatic carbocycles. The molecule has 1 N–H and O–H groups in total. The van der Waals surface area contributed by atoms with Crippen LogP contribution in [0.1, 0.15) is 41.5 Å². The Morgan fingerprint density at radius 3 is 2.60 bits per heavy atom. The maximum absolute atomic E-state index is 13.2. The van der Waals surface area contributed by atoms with Crippen LogP contribution >= 0.6 is 11.8 Å². The van der Waals surface area contributed by atoms with Crippen molar-refractivity contribution in [2.75, 3.05) is 12.0 Å². The monoisotopic (exact) mass is 495 g/mol. The second-order valence-corrected chi connectivity index (χ2v) is 9.64. The molecule has 1 amide bonds. The Hall–Kier alpha value is -3.26. The lowest BCUT2D eigenvalue weighted by Gasteiger charge is -2.20. The standard InChI is InChI=1S/C27H29NO6S/c1-17-14-22-24(19-10-6-7-11-20(19)25(29)33-22)23(15-17)34-26(30)21(12-13-35-2)28-27(31)32-16-18-8-4-3-5-9-18/h3-5,8-9,14-15,21H,6-7,10-13,16H2,1-2H3,(H,28,31)/t21-/m0/s1. The van der Waals surface area contributed by atoms with Crippen LogP contribution in [0, 0.1) is 6.92 Å². The van der Waals surface area contributed by atoms with Gasteiger partial charge in [-0.3, -0.25) is 0 Å². The highest BCUT2D eigenvalue weighted by Gasteiger charge is 2.26. The zero-order valence-corrected chi connectivity index (χ0v) is 20.7. The Balaban J connectivity index is 1.56. The van der Waals surface area contributed by atoms with Gasteiger partial charge in [0.2, 0.25) is 0 Å². The van der Waals surface area contributed by atoms with Crippen LogP contribution < -0.4 is 15.7 Å². The molecule has 7 nitrogen and oxygen atoms in total. The number of benzene rings is 2. The molecule has 1 aromatic heterocycles. The van der Waals surface area contributed by atoms with Crippen LogP contribution in [0.3, 0.4) is 0 Å². The molecule has 35 heavy (non-hydrogen) atoms. The minimum atomic E-state index is -0.882. The topological polar surface area (TPSA) is 94.8 Å². The quantitative estimate of drug-likeness (QED) is 0.269. The minimum absolute atomic E-state index is 0.102. The van der Waals surface area contributed by atoms with E-state index >= 15 is 0 Å². The van der Waals surface area contributed by atoms with Gasteiger partial charge in [0.05, 0.1) is 5.39 Å². The van der Waals surface area contributed by atoms with Gasteiger partial charge in [0.15, 0.2) is 0 Å². The lowest BCUT2D eigenvalue weighted by molar-refractivity contribution is -0.136. The zero-order valence-electron chi connectivity index (χ0n) is 19.9. The molecule has 184 valence electrons. The molecule has 0 spiro atoms. The molecular weight excluding hydrogens is 466 g/mol. The largest absolute Gasteiger partial charge is 0.445 e. The normalized spacial score (nSPS) is 13.7. The molecule has 0 fully saturated rings. The number of thioether (sulfide) groups is 1. The summed E-state index contributed by atoms with van der Waals surface area (Å²) in [7, 11) is 0. The molecule has 3 aromatic rings. The Morgan fingerprint density at radius 2 is 1.86 bits per heavy atom. The van der Waals surface area contributed by atoms with Gasteiger partial charge >= 0.3 is 17.7 Å². The third-order valence-electron chi connectivity index (χ3n) is 6.04. The summed E-state index contributed by atoms with van der Waals surface area (Å²) in [6.45, 7) is 1.95. The van der Waals surface area contributed by atoms with Gasteiger partial charge in [-0.05, 0) is 79.9 Å². The Labute approximate surface area is 208 Å². The first-order valence-corrected chi connectivity index (χ1v) is 13.1. The van der Waals surface area contributed by atoms with E-state index in [9.17, 15) is 14.4 Å². The Morgan fingerprint density at radius 1 is 1.11 bits per heavy atom. The van der Waals surface area contributed by atoms with E-state index in [4.69, 9.17) is 13.9 Å². The number of alkyl carbamates (subject to hydrolysis) is 1. The molecule has 0 bridgehead atoms. The van der Waals surface area contributed by atoms with E-state index in [1.54, 1.807) is 23.9 Å². The van der Waals surface area contributed by atoms with Crippen molar-refractivity contribution in [2.24, 2.45) is 0 Å². The number of ether oxygens (including phenoxy) is 2. The van der Waals surface area contributed by atoms with Crippen LogP contribution in [0.5, 0.6) is 5.75 Å². The number of rotatable bonds is 8. The van der Waals surface area contributed by atoms with E-state index < -0.39 is 18.1 Å². The number of hydrogen-bond acceptors (Lipinski definition) is 7. The average Bonchev–Trinajstić information content (AvgIpc) is 2.85. The van der Waals surface area contributed by atoms with E-state index in [0.29, 0.717) is 40.9 Å². The van der Waals surface area contributed by atoms with Crippen LogP contribution in [-0.4, -0.2) is 30.1 Å². The molecule has 0 radical (unpaired) electrons. The maximum Gasteiger partial charge on any atom is 0.408 e. The lowest BCUT2D eigenvalue weighted by Crippen LogP contribution is -2.43. The zero-order chi connectivity index (χ0) is 24.8. The number of fused-ring (bicyclic) bond motifs is 3. The molecule has 0 unspecified atom stereocenters. The van der Waals surface area contributed by atoms with Crippen LogP contribution in [0.4, 0.5) is 4.79 Å². The molecular formula is C27H29NO6S. The number of nitrogens with one attached hydrogen (secondary N) is 1. The predicted octanol–water partition coefficient (Wildman–Crippen LogP) is 4.93. The highest BCUT2D eigenvalue weighted by atomic mass is 32.2. The lowest BCUT2D eigenvalue weighted by atomic mass is 9.90. The molecule has 1 heterocycles. The summed E-state index contributed by atoms with van der Waals surface area (Å²) >= 11 is 1.57. The highest BCUT2D eigenvalue weighted by molar-refractivity contribution is 7.98. The smallest absolute Gasteiger partial charge is 0.408 e. The van der Waals surface area contributed by atoms with Gasteiger partial charge in [0.1, 0.15) is 24.0 Å². The van der Waals surface area contributed by atoms with Gasteiger partial charge in [-0.25, -0.2) is 14.4 Å². The van der Waals surface area contributed by atoms with Gasteiger partial charge in [0.25, 0.3) is 0 Å². The summed E-state index contributed by atoms with van der Waals surface area (Å²) in [6.07, 6.45) is 4.89. The summed E-state index contributed by atoms with van der Waals surface area (Å²) < 4.78 is 16.7. The van der Waals surface area contributed by atoms with Crippen molar-refractivity contribution in [3.05, 3.63) is 75.1 Å². The number of esters is 1. The summed E-state index contributed by atoms with van der Waals surface area (Å²) in [5.41, 5.74) is 3.29. The van der Waals surface area contributed by atoms with Crippen LogP contribution in [0.25, 0.3) is 11.0 Å². The second kappa shape index (κ2) is 11.4. The van der Waals surface area contributed by atoms with Crippen molar-refractivity contribution in [3.8, 4) is 5.75 Å². The highest BCUT2D eigenvalue weighted by Crippen LogP contribution is 2.34. The van der Waals surface area contributed by atoms with Crippen molar-refractivity contribution in [1.82, 2.24) is 5.32 Å². The predicted molar refractivity (Wildman–Crippen MR) is 136 cm³/mol. The van der Waals surface area contributed by atoms with Crippen molar-refractivity contribution in [3.63, 3.8) is 0 Å². The maximum atomic E-state index is 13.2. The van der Waals surface area contributed by atoms with E-state index in [0.717, 1.165) is 36.0 Å². The third kappa shape index (κ3) is 6.06. The van der Waals surface area contributed by atoms with Gasteiger partial charge in [-0.1, -0.05) is 30.3 Å². The first-order chi connectivity index (χ1) is 17.0. The SMILES string of the molecule is CSCC[C@H](NC(=O)OCc1ccccc1)C(=O)Oc1cc(C)cc2oc(=O)c3c(c12)CCCC3. The van der Waals surface area contributed by atoms with Crippen molar-refractivity contribution in [2.45, 2.75) is 51.7 Å². The molecule has 4 rings (SSSR count). The number of aryl methyl sites for hydroxylation is 2. The Kier molecular flexibility index (Phi) is 8.13. The first kappa shape index (κ1) is 24.9. The summed E-state index contributed by atoms with van der Waals surface area (Å²) in [6, 6.07) is 12.0. The fourth-order valence-electron chi connectivity index (χ4n) is 4.32. The molecule has 1 atom stereocenters. The van der Waals surface area contributed by atoms with Crippen molar-refractivity contribution < 1.29 is 23.5 Å². The van der Waals surface area contributed by atoms with Gasteiger partial charge in [0, 0.05) is 5.56 Å². The van der Waals surface area contributed by atoms with Crippen molar-refractivity contribution in [1.29, 1.82) is 0 Å². The van der Waals surface area contributed by atoms with E-state index in [1.165, 1.54) is 0 Å². The molecule has 0 saturated carbocycles. The fraction of sp³-hybridized carbons (Fsp3) is 0.370. The fourth-order valence-corrected chi connectivity index (χ4v) is 4.79. The van der Waals surface area contributed by atoms with Gasteiger partial charge in [-0.15, -0.1) is 0 Å². The van der Waals surface area contributed by atoms with Gasteiger partial charge < -0.3 is 19.2 Å². The molecule has 2 aromatic carbocycles. The molecule has 1 aliphatic rings. The Bertz CT molecular complexity index is 1270. The average molecular weight is 496 g/mol. The third-order valence-corrected chi connectivity index (χ3v) is 6.68. The number of carbonyl (C=O) groups is 2. The first-order valence-electron chi connectivity index (χ1n) is 11.7. The summed E-state index contributed by atoms with van der Waals surface area (Å²) in [4.78, 5) is 38.2. The summed E-state index contributed by atoms with van der Waals surface area (Å²) in [5.74, 6) is 0.413. The number of carbonyl (C=O) groups excluding carboxylic acids is 2. The molecule has 0 saturated heterocycles. The van der Waals surface area contributed by atoms with Crippen molar-refractivity contribution >= 4 is 34.8 Å². The molecule has 0 aliphatic heterocycles. The van der Waals surface area contributed by atoms with Crippen LogP contribution in [-0.2, 0) is 29.0 Å². The second-order valence-electron chi connectivity index (χ2n) is 8.65. The van der Waals surface area contributed by atoms with Crippen LogP contribution in [0.15, 0.2) is 51.7 Å². The number of hydrogen-bond donors (Lipinski definition) is 1. The van der Waals surface area contributed by atoms with Gasteiger partial charge in [-0.2, -0.15) is 11.8 Å². The van der Waals surface area contributed by atoms with E-state index in [2.05, 4.69) is 5.32 Å². The summed E-state index contributed by atoms with van der Waals surface area (Å²) in [5, 5.41) is 3.31. The molecule has 8 heteroatoms. The van der Waals surface area contributed by atoms with E-state index in [1.807, 2.05) is 43.5 Å². The van der Waals surface area contributed by atoms with E-state index in [-0.39, 0.29) is 12.2 Å².